The van der Waals surface area contributed by atoms with Gasteiger partial charge >= 0.3 is 5.97 Å². The summed E-state index contributed by atoms with van der Waals surface area (Å²) < 4.78 is 5.54. The minimum absolute atomic E-state index is 0.185. The summed E-state index contributed by atoms with van der Waals surface area (Å²) in [4.78, 5) is 22.4. The Balaban J connectivity index is 2.99. The SMILES string of the molecule is CC(C)Oc1c(Cl)cc(Cl)cc1NNC(=O)/C(Cl)=C(\Cl)C(=O)O. The number of rotatable bonds is 6. The summed E-state index contributed by atoms with van der Waals surface area (Å²) in [5.41, 5.74) is 4.95. The van der Waals surface area contributed by atoms with Gasteiger partial charge in [0, 0.05) is 5.02 Å². The average Bonchev–Trinajstić information content (AvgIpc) is 2.45. The fourth-order valence-electron chi connectivity index (χ4n) is 1.38. The van der Waals surface area contributed by atoms with Gasteiger partial charge in [-0.25, -0.2) is 4.79 Å². The minimum Gasteiger partial charge on any atom is -0.487 e. The highest BCUT2D eigenvalue weighted by atomic mass is 35.5. The molecular weight excluding hydrogens is 390 g/mol. The van der Waals surface area contributed by atoms with Gasteiger partial charge in [-0.2, -0.15) is 0 Å². The molecule has 10 heteroatoms. The first-order valence-corrected chi connectivity index (χ1v) is 7.65. The third kappa shape index (κ3) is 5.66. The van der Waals surface area contributed by atoms with E-state index in [4.69, 9.17) is 56.2 Å². The molecule has 0 bridgehead atoms. The van der Waals surface area contributed by atoms with Crippen LogP contribution in [0.25, 0.3) is 0 Å². The van der Waals surface area contributed by atoms with E-state index < -0.39 is 21.9 Å². The van der Waals surface area contributed by atoms with E-state index in [0.717, 1.165) is 0 Å². The van der Waals surface area contributed by atoms with Gasteiger partial charge < -0.3 is 9.84 Å². The monoisotopic (exact) mass is 400 g/mol. The molecule has 0 aliphatic heterocycles. The van der Waals surface area contributed by atoms with Crippen LogP contribution in [0.4, 0.5) is 5.69 Å². The quantitative estimate of drug-likeness (QED) is 0.495. The van der Waals surface area contributed by atoms with E-state index in [-0.39, 0.29) is 22.6 Å². The molecule has 0 unspecified atom stereocenters. The van der Waals surface area contributed by atoms with Crippen molar-refractivity contribution in [3.8, 4) is 5.75 Å². The molecule has 1 aromatic carbocycles. The summed E-state index contributed by atoms with van der Waals surface area (Å²) in [6.45, 7) is 3.58. The van der Waals surface area contributed by atoms with Gasteiger partial charge in [0.05, 0.1) is 16.8 Å². The third-order valence-electron chi connectivity index (χ3n) is 2.25. The number of hydrazine groups is 1. The fourth-order valence-corrected chi connectivity index (χ4v) is 2.13. The zero-order valence-electron chi connectivity index (χ0n) is 11.9. The predicted octanol–water partition coefficient (Wildman–Crippen LogP) is 4.00. The van der Waals surface area contributed by atoms with Gasteiger partial charge in [-0.15, -0.1) is 0 Å². The molecule has 0 aromatic heterocycles. The maximum atomic E-state index is 11.7. The Morgan fingerprint density at radius 1 is 1.17 bits per heavy atom. The number of nitrogens with one attached hydrogen (secondary N) is 2. The number of carboxylic acid groups (broad SMARTS) is 1. The lowest BCUT2D eigenvalue weighted by molar-refractivity contribution is -0.132. The molecule has 126 valence electrons. The Kier molecular flexibility index (Phi) is 7.28. The van der Waals surface area contributed by atoms with E-state index in [0.29, 0.717) is 5.02 Å². The Hall–Kier alpha value is -1.34. The highest BCUT2D eigenvalue weighted by Gasteiger charge is 2.18. The Labute approximate surface area is 152 Å². The van der Waals surface area contributed by atoms with Crippen LogP contribution in [0.1, 0.15) is 13.8 Å². The van der Waals surface area contributed by atoms with Crippen LogP contribution in [-0.2, 0) is 9.59 Å². The number of halogens is 4. The molecule has 0 radical (unpaired) electrons. The number of carboxylic acids is 1. The van der Waals surface area contributed by atoms with Crippen molar-refractivity contribution >= 4 is 64.0 Å². The predicted molar refractivity (Wildman–Crippen MR) is 90.4 cm³/mol. The topological polar surface area (TPSA) is 87.7 Å². The number of ether oxygens (including phenoxy) is 1. The summed E-state index contributed by atoms with van der Waals surface area (Å²) in [7, 11) is 0. The van der Waals surface area contributed by atoms with Crippen molar-refractivity contribution in [2.45, 2.75) is 20.0 Å². The normalized spacial score (nSPS) is 11.8. The van der Waals surface area contributed by atoms with Crippen molar-refractivity contribution in [3.63, 3.8) is 0 Å². The van der Waals surface area contributed by atoms with E-state index in [1.807, 2.05) is 0 Å². The molecule has 6 nitrogen and oxygen atoms in total. The molecule has 0 fully saturated rings. The number of hydrogen-bond donors (Lipinski definition) is 3. The highest BCUT2D eigenvalue weighted by Crippen LogP contribution is 2.36. The molecule has 0 saturated carbocycles. The van der Waals surface area contributed by atoms with E-state index in [2.05, 4.69) is 10.9 Å². The zero-order chi connectivity index (χ0) is 17.7. The highest BCUT2D eigenvalue weighted by molar-refractivity contribution is 6.53. The number of benzene rings is 1. The summed E-state index contributed by atoms with van der Waals surface area (Å²) in [6.07, 6.45) is -0.185. The van der Waals surface area contributed by atoms with Crippen molar-refractivity contribution in [2.75, 3.05) is 5.43 Å². The maximum absolute atomic E-state index is 11.7. The van der Waals surface area contributed by atoms with Crippen molar-refractivity contribution in [1.82, 2.24) is 5.43 Å². The van der Waals surface area contributed by atoms with Gasteiger partial charge in [-0.3, -0.25) is 15.6 Å². The molecule has 0 atom stereocenters. The number of carbonyl (C=O) groups excluding carboxylic acids is 1. The van der Waals surface area contributed by atoms with Gasteiger partial charge in [0.25, 0.3) is 5.91 Å². The lowest BCUT2D eigenvalue weighted by Gasteiger charge is -2.17. The van der Waals surface area contributed by atoms with Crippen LogP contribution in [-0.4, -0.2) is 23.1 Å². The van der Waals surface area contributed by atoms with Crippen molar-refractivity contribution < 1.29 is 19.4 Å². The van der Waals surface area contributed by atoms with Gasteiger partial charge in [-0.1, -0.05) is 46.4 Å². The van der Waals surface area contributed by atoms with Crippen LogP contribution >= 0.6 is 46.4 Å². The van der Waals surface area contributed by atoms with Gasteiger partial charge in [0.15, 0.2) is 5.75 Å². The van der Waals surface area contributed by atoms with Gasteiger partial charge in [0.2, 0.25) is 0 Å². The maximum Gasteiger partial charge on any atom is 0.349 e. The summed E-state index contributed by atoms with van der Waals surface area (Å²) in [5, 5.41) is 7.70. The lowest BCUT2D eigenvalue weighted by Crippen LogP contribution is -2.30. The van der Waals surface area contributed by atoms with E-state index in [9.17, 15) is 9.59 Å². The average molecular weight is 402 g/mol. The molecule has 0 spiro atoms. The lowest BCUT2D eigenvalue weighted by atomic mass is 10.3. The van der Waals surface area contributed by atoms with E-state index in [1.165, 1.54) is 12.1 Å². The minimum atomic E-state index is -1.53. The molecule has 0 aliphatic carbocycles. The van der Waals surface area contributed by atoms with Crippen LogP contribution in [0.15, 0.2) is 22.2 Å². The van der Waals surface area contributed by atoms with E-state index >= 15 is 0 Å². The summed E-state index contributed by atoms with van der Waals surface area (Å²) in [5.74, 6) is -2.22. The first kappa shape index (κ1) is 19.7. The number of aliphatic carboxylic acids is 1. The van der Waals surface area contributed by atoms with Crippen LogP contribution in [0, 0.1) is 0 Å². The molecule has 0 aliphatic rings. The van der Waals surface area contributed by atoms with Crippen molar-refractivity contribution in [1.29, 1.82) is 0 Å². The molecule has 0 saturated heterocycles. The van der Waals surface area contributed by atoms with Crippen LogP contribution in [0.3, 0.4) is 0 Å². The van der Waals surface area contributed by atoms with Crippen molar-refractivity contribution in [3.05, 3.63) is 32.2 Å². The molecule has 3 N–H and O–H groups in total. The zero-order valence-corrected chi connectivity index (χ0v) is 14.9. The molecule has 1 rings (SSSR count). The Morgan fingerprint density at radius 2 is 1.78 bits per heavy atom. The molecule has 0 heterocycles. The second-order valence-electron chi connectivity index (χ2n) is 4.44. The molecule has 1 amide bonds. The van der Waals surface area contributed by atoms with Gasteiger partial charge in [-0.05, 0) is 26.0 Å². The summed E-state index contributed by atoms with van der Waals surface area (Å²) >= 11 is 22.9. The second kappa shape index (κ2) is 8.49. The Morgan fingerprint density at radius 3 is 2.30 bits per heavy atom. The van der Waals surface area contributed by atoms with Crippen molar-refractivity contribution in [2.24, 2.45) is 0 Å². The van der Waals surface area contributed by atoms with Crippen LogP contribution in [0.2, 0.25) is 10.0 Å². The van der Waals surface area contributed by atoms with Gasteiger partial charge in [0.1, 0.15) is 10.1 Å². The second-order valence-corrected chi connectivity index (χ2v) is 6.04. The number of carbonyl (C=O) groups is 2. The largest absolute Gasteiger partial charge is 0.487 e. The first-order valence-electron chi connectivity index (χ1n) is 6.14. The third-order valence-corrected chi connectivity index (χ3v) is 3.56. The number of anilines is 1. The fraction of sp³-hybridized carbons (Fsp3) is 0.231. The molecule has 1 aromatic rings. The standard InChI is InChI=1S/C13H12Cl4N2O4/c1-5(2)23-11-7(15)3-6(14)4-8(11)18-19-12(20)9(16)10(17)13(21)22/h3-5,18H,1-2H3,(H,19,20)(H,21,22)/b10-9+. The Bertz CT molecular complexity index is 662. The molecular formula is C13H12Cl4N2O4. The summed E-state index contributed by atoms with van der Waals surface area (Å²) in [6, 6.07) is 2.93. The van der Waals surface area contributed by atoms with Crippen LogP contribution < -0.4 is 15.6 Å². The molecule has 23 heavy (non-hydrogen) atoms. The smallest absolute Gasteiger partial charge is 0.349 e. The van der Waals surface area contributed by atoms with E-state index in [1.54, 1.807) is 13.8 Å². The number of hydrogen-bond acceptors (Lipinski definition) is 4. The number of amides is 1. The first-order chi connectivity index (χ1) is 10.6. The van der Waals surface area contributed by atoms with Crippen LogP contribution in [0.5, 0.6) is 5.75 Å².